The molecule has 2 unspecified atom stereocenters. The molecule has 6 nitrogen and oxygen atoms in total. The highest BCUT2D eigenvalue weighted by Crippen LogP contribution is 2.21. The van der Waals surface area contributed by atoms with E-state index >= 15 is 0 Å². The van der Waals surface area contributed by atoms with Crippen LogP contribution in [0.25, 0.3) is 0 Å². The van der Waals surface area contributed by atoms with Crippen molar-refractivity contribution in [3.8, 4) is 5.75 Å². The van der Waals surface area contributed by atoms with E-state index in [2.05, 4.69) is 5.32 Å². The van der Waals surface area contributed by atoms with Crippen LogP contribution in [0.1, 0.15) is 31.4 Å². The predicted octanol–water partition coefficient (Wildman–Crippen LogP) is 4.66. The molecule has 3 N–H and O–H groups in total. The fourth-order valence-corrected chi connectivity index (χ4v) is 3.56. The number of aliphatic carboxylic acids is 2. The molecule has 30 heavy (non-hydrogen) atoms. The third-order valence-electron chi connectivity index (χ3n) is 4.40. The molecule has 0 saturated heterocycles. The summed E-state index contributed by atoms with van der Waals surface area (Å²) in [7, 11) is 0. The summed E-state index contributed by atoms with van der Waals surface area (Å²) in [4.78, 5) is 23.1. The van der Waals surface area contributed by atoms with Gasteiger partial charge in [-0.25, -0.2) is 0 Å². The molecule has 0 spiro atoms. The van der Waals surface area contributed by atoms with Crippen molar-refractivity contribution in [2.75, 3.05) is 0 Å². The maximum absolute atomic E-state index is 11.6. The summed E-state index contributed by atoms with van der Waals surface area (Å²) in [6.07, 6.45) is 0.501. The van der Waals surface area contributed by atoms with Crippen molar-refractivity contribution in [3.05, 3.63) is 63.6 Å². The maximum Gasteiger partial charge on any atom is 0.321 e. The van der Waals surface area contributed by atoms with Gasteiger partial charge in [0.1, 0.15) is 24.4 Å². The first-order chi connectivity index (χ1) is 14.1. The standard InChI is InChI=1S/C22H25Cl2NO5/c1-13(2)7-19(21(26)27)25-20(22(28)29)10-14-3-5-18(6-4-14)30-12-15-8-16(23)11-17(24)9-15/h3-6,8-9,11,13,19-20,25H,7,10,12H2,1-2H3,(H,26,27)(H,28,29). The number of hydrogen-bond acceptors (Lipinski definition) is 4. The predicted molar refractivity (Wildman–Crippen MR) is 116 cm³/mol. The van der Waals surface area contributed by atoms with Gasteiger partial charge in [-0.05, 0) is 60.2 Å². The van der Waals surface area contributed by atoms with Crippen LogP contribution in [0.5, 0.6) is 5.75 Å². The summed E-state index contributed by atoms with van der Waals surface area (Å²) in [5, 5.41) is 22.7. The largest absolute Gasteiger partial charge is 0.489 e. The zero-order chi connectivity index (χ0) is 22.3. The van der Waals surface area contributed by atoms with Crippen LogP contribution in [-0.2, 0) is 22.6 Å². The Labute approximate surface area is 185 Å². The number of hydrogen-bond donors (Lipinski definition) is 3. The van der Waals surface area contributed by atoms with E-state index in [1.807, 2.05) is 13.8 Å². The van der Waals surface area contributed by atoms with E-state index in [1.165, 1.54) is 0 Å². The van der Waals surface area contributed by atoms with Gasteiger partial charge < -0.3 is 14.9 Å². The Kier molecular flexibility index (Phi) is 8.96. The molecule has 8 heteroatoms. The Hall–Kier alpha value is -2.28. The molecule has 2 rings (SSSR count). The number of halogens is 2. The van der Waals surface area contributed by atoms with Crippen LogP contribution in [0.3, 0.4) is 0 Å². The van der Waals surface area contributed by atoms with E-state index in [1.54, 1.807) is 42.5 Å². The molecule has 0 aliphatic rings. The van der Waals surface area contributed by atoms with E-state index in [4.69, 9.17) is 27.9 Å². The Balaban J connectivity index is 1.99. The van der Waals surface area contributed by atoms with Gasteiger partial charge in [-0.15, -0.1) is 0 Å². The molecule has 0 saturated carbocycles. The number of rotatable bonds is 11. The van der Waals surface area contributed by atoms with Gasteiger partial charge in [-0.1, -0.05) is 49.2 Å². The van der Waals surface area contributed by atoms with Gasteiger partial charge in [-0.2, -0.15) is 0 Å². The molecule has 0 amide bonds. The molecule has 0 fully saturated rings. The molecule has 0 radical (unpaired) electrons. The van der Waals surface area contributed by atoms with Crippen LogP contribution < -0.4 is 10.1 Å². The smallest absolute Gasteiger partial charge is 0.321 e. The quantitative estimate of drug-likeness (QED) is 0.457. The van der Waals surface area contributed by atoms with Crippen molar-refractivity contribution in [2.24, 2.45) is 5.92 Å². The Morgan fingerprint density at radius 2 is 1.50 bits per heavy atom. The SMILES string of the molecule is CC(C)CC(NC(Cc1ccc(OCc2cc(Cl)cc(Cl)c2)cc1)C(=O)O)C(=O)O. The number of carboxylic acid groups (broad SMARTS) is 2. The van der Waals surface area contributed by atoms with Crippen molar-refractivity contribution in [1.29, 1.82) is 0 Å². The van der Waals surface area contributed by atoms with E-state index in [-0.39, 0.29) is 18.9 Å². The van der Waals surface area contributed by atoms with Crippen LogP contribution in [0, 0.1) is 5.92 Å². The van der Waals surface area contributed by atoms with Crippen LogP contribution in [0.15, 0.2) is 42.5 Å². The summed E-state index contributed by atoms with van der Waals surface area (Å²) in [5.74, 6) is -1.42. The van der Waals surface area contributed by atoms with Gasteiger partial charge in [0, 0.05) is 10.0 Å². The average molecular weight is 454 g/mol. The minimum atomic E-state index is -1.09. The van der Waals surface area contributed by atoms with E-state index in [9.17, 15) is 19.8 Å². The summed E-state index contributed by atoms with van der Waals surface area (Å²) in [5.41, 5.74) is 1.58. The molecule has 2 atom stereocenters. The Morgan fingerprint density at radius 1 is 0.933 bits per heavy atom. The second-order valence-electron chi connectivity index (χ2n) is 7.49. The minimum absolute atomic E-state index is 0.124. The fourth-order valence-electron chi connectivity index (χ4n) is 2.99. The number of carbonyl (C=O) groups is 2. The maximum atomic E-state index is 11.6. The highest BCUT2D eigenvalue weighted by Gasteiger charge is 2.26. The number of nitrogens with one attached hydrogen (secondary N) is 1. The second kappa shape index (κ2) is 11.2. The van der Waals surface area contributed by atoms with Crippen molar-refractivity contribution in [1.82, 2.24) is 5.32 Å². The normalized spacial score (nSPS) is 13.1. The molecule has 2 aromatic carbocycles. The monoisotopic (exact) mass is 453 g/mol. The third kappa shape index (κ3) is 7.86. The number of benzene rings is 2. The Morgan fingerprint density at radius 3 is 2.00 bits per heavy atom. The van der Waals surface area contributed by atoms with Crippen molar-refractivity contribution < 1.29 is 24.5 Å². The van der Waals surface area contributed by atoms with Crippen LogP contribution in [0.2, 0.25) is 10.0 Å². The average Bonchev–Trinajstić information content (AvgIpc) is 2.65. The van der Waals surface area contributed by atoms with E-state index < -0.39 is 24.0 Å². The number of carboxylic acids is 2. The minimum Gasteiger partial charge on any atom is -0.489 e. The lowest BCUT2D eigenvalue weighted by Crippen LogP contribution is -2.48. The first-order valence-corrected chi connectivity index (χ1v) is 10.3. The van der Waals surface area contributed by atoms with Crippen molar-refractivity contribution in [3.63, 3.8) is 0 Å². The highest BCUT2D eigenvalue weighted by atomic mass is 35.5. The molecule has 0 aromatic heterocycles. The molecule has 0 bridgehead atoms. The van der Waals surface area contributed by atoms with Crippen LogP contribution in [-0.4, -0.2) is 34.2 Å². The molecular weight excluding hydrogens is 429 g/mol. The Bertz CT molecular complexity index is 850. The van der Waals surface area contributed by atoms with Crippen molar-refractivity contribution in [2.45, 2.75) is 45.4 Å². The fraction of sp³-hybridized carbons (Fsp3) is 0.364. The van der Waals surface area contributed by atoms with Gasteiger partial charge in [-0.3, -0.25) is 14.9 Å². The third-order valence-corrected chi connectivity index (χ3v) is 4.83. The molecule has 0 aliphatic heterocycles. The summed E-state index contributed by atoms with van der Waals surface area (Å²) < 4.78 is 5.72. The van der Waals surface area contributed by atoms with Gasteiger partial charge in [0.2, 0.25) is 0 Å². The summed E-state index contributed by atoms with van der Waals surface area (Å²) in [6, 6.07) is 10.2. The molecule has 162 valence electrons. The molecule has 2 aromatic rings. The number of ether oxygens (including phenoxy) is 1. The lowest BCUT2D eigenvalue weighted by atomic mass is 10.0. The molecular formula is C22H25Cl2NO5. The lowest BCUT2D eigenvalue weighted by molar-refractivity contribution is -0.142. The molecule has 0 heterocycles. The second-order valence-corrected chi connectivity index (χ2v) is 8.37. The van der Waals surface area contributed by atoms with Crippen LogP contribution >= 0.6 is 23.2 Å². The summed E-state index contributed by atoms with van der Waals surface area (Å²) >= 11 is 12.0. The van der Waals surface area contributed by atoms with Gasteiger partial charge in [0.25, 0.3) is 0 Å². The zero-order valence-electron chi connectivity index (χ0n) is 16.8. The summed E-state index contributed by atoms with van der Waals surface area (Å²) in [6.45, 7) is 4.07. The zero-order valence-corrected chi connectivity index (χ0v) is 18.3. The molecule has 0 aliphatic carbocycles. The first kappa shape index (κ1) is 24.0. The van der Waals surface area contributed by atoms with Crippen LogP contribution in [0.4, 0.5) is 0 Å². The first-order valence-electron chi connectivity index (χ1n) is 9.52. The van der Waals surface area contributed by atoms with Gasteiger partial charge >= 0.3 is 11.9 Å². The lowest BCUT2D eigenvalue weighted by Gasteiger charge is -2.22. The van der Waals surface area contributed by atoms with Gasteiger partial charge in [0.05, 0.1) is 0 Å². The topological polar surface area (TPSA) is 95.9 Å². The van der Waals surface area contributed by atoms with Crippen molar-refractivity contribution >= 4 is 35.1 Å². The van der Waals surface area contributed by atoms with E-state index in [0.29, 0.717) is 22.2 Å². The van der Waals surface area contributed by atoms with Gasteiger partial charge in [0.15, 0.2) is 0 Å². The highest BCUT2D eigenvalue weighted by molar-refractivity contribution is 6.34. The van der Waals surface area contributed by atoms with E-state index in [0.717, 1.165) is 11.1 Å².